The van der Waals surface area contributed by atoms with Gasteiger partial charge in [-0.15, -0.1) is 0 Å². The van der Waals surface area contributed by atoms with E-state index < -0.39 is 10.0 Å². The van der Waals surface area contributed by atoms with Gasteiger partial charge in [0.25, 0.3) is 10.0 Å². The molecule has 3 aromatic rings. The summed E-state index contributed by atoms with van der Waals surface area (Å²) < 4.78 is 36.0. The number of anilines is 1. The first-order valence-electron chi connectivity index (χ1n) is 6.29. The van der Waals surface area contributed by atoms with E-state index in [1.165, 1.54) is 6.07 Å². The molecule has 0 saturated carbocycles. The fourth-order valence-corrected chi connectivity index (χ4v) is 3.95. The molecule has 3 rings (SSSR count). The van der Waals surface area contributed by atoms with Crippen LogP contribution in [0.2, 0.25) is 0 Å². The van der Waals surface area contributed by atoms with E-state index in [1.54, 1.807) is 18.2 Å². The summed E-state index contributed by atoms with van der Waals surface area (Å²) in [5.41, 5.74) is 3.51. The highest BCUT2D eigenvalue weighted by atomic mass is 32.2. The molecule has 0 amide bonds. The molecule has 0 spiro atoms. The van der Waals surface area contributed by atoms with Crippen molar-refractivity contribution in [3.8, 4) is 0 Å². The molecule has 0 unspecified atom stereocenters. The molecule has 1 heterocycles. The first kappa shape index (κ1) is 14.0. The molecule has 1 N–H and O–H groups in total. The van der Waals surface area contributed by atoms with Gasteiger partial charge >= 0.3 is 0 Å². The fourth-order valence-electron chi connectivity index (χ4n) is 2.06. The van der Waals surface area contributed by atoms with Gasteiger partial charge in [-0.25, -0.2) is 8.42 Å². The lowest BCUT2D eigenvalue weighted by molar-refractivity contribution is 0.602. The number of hydrogen-bond acceptors (Lipinski definition) is 5. The van der Waals surface area contributed by atoms with Crippen LogP contribution >= 0.6 is 11.7 Å². The summed E-state index contributed by atoms with van der Waals surface area (Å²) in [5.74, 6) is 0. The number of fused-ring (bicyclic) bond motifs is 1. The van der Waals surface area contributed by atoms with Gasteiger partial charge in [0.15, 0.2) is 0 Å². The first-order chi connectivity index (χ1) is 9.99. The van der Waals surface area contributed by atoms with Crippen LogP contribution in [0.4, 0.5) is 5.69 Å². The Kier molecular flexibility index (Phi) is 3.38. The highest BCUT2D eigenvalue weighted by Gasteiger charge is 2.20. The van der Waals surface area contributed by atoms with Crippen LogP contribution in [0.15, 0.2) is 41.3 Å². The van der Waals surface area contributed by atoms with Gasteiger partial charge < -0.3 is 0 Å². The Morgan fingerprint density at radius 1 is 1.05 bits per heavy atom. The second-order valence-electron chi connectivity index (χ2n) is 4.74. The molecule has 0 atom stereocenters. The van der Waals surface area contributed by atoms with Crippen molar-refractivity contribution in [1.29, 1.82) is 0 Å². The number of hydrogen-bond donors (Lipinski definition) is 1. The molecule has 0 bridgehead atoms. The number of rotatable bonds is 3. The van der Waals surface area contributed by atoms with Crippen LogP contribution < -0.4 is 4.72 Å². The molecule has 0 radical (unpaired) electrons. The van der Waals surface area contributed by atoms with Gasteiger partial charge in [0.05, 0.1) is 17.4 Å². The van der Waals surface area contributed by atoms with Crippen LogP contribution in [-0.2, 0) is 10.0 Å². The summed E-state index contributed by atoms with van der Waals surface area (Å²) in [6.45, 7) is 3.83. The average Bonchev–Trinajstić information content (AvgIpc) is 2.91. The van der Waals surface area contributed by atoms with Crippen molar-refractivity contribution in [3.05, 3.63) is 47.5 Å². The Balaban J connectivity index is 2.09. The molecular weight excluding hydrogens is 306 g/mol. The maximum atomic E-state index is 12.6. The van der Waals surface area contributed by atoms with Crippen LogP contribution in [0.25, 0.3) is 11.0 Å². The van der Waals surface area contributed by atoms with Gasteiger partial charge in [-0.2, -0.15) is 8.75 Å². The van der Waals surface area contributed by atoms with E-state index in [0.29, 0.717) is 16.7 Å². The van der Waals surface area contributed by atoms with E-state index >= 15 is 0 Å². The average molecular weight is 319 g/mol. The SMILES string of the molecule is Cc1cccc(NS(=O)(=O)c2cccc3nsnc23)c1C. The quantitative estimate of drug-likeness (QED) is 0.805. The smallest absolute Gasteiger partial charge is 0.264 e. The van der Waals surface area contributed by atoms with E-state index in [1.807, 2.05) is 26.0 Å². The molecule has 5 nitrogen and oxygen atoms in total. The van der Waals surface area contributed by atoms with Crippen molar-refractivity contribution in [2.75, 3.05) is 4.72 Å². The number of nitrogens with one attached hydrogen (secondary N) is 1. The maximum Gasteiger partial charge on any atom is 0.264 e. The fraction of sp³-hybridized carbons (Fsp3) is 0.143. The molecule has 0 aliphatic heterocycles. The van der Waals surface area contributed by atoms with Gasteiger partial charge in [-0.3, -0.25) is 4.72 Å². The highest BCUT2D eigenvalue weighted by Crippen LogP contribution is 2.25. The van der Waals surface area contributed by atoms with Gasteiger partial charge in [0, 0.05) is 0 Å². The summed E-state index contributed by atoms with van der Waals surface area (Å²) in [7, 11) is -3.69. The summed E-state index contributed by atoms with van der Waals surface area (Å²) in [6, 6.07) is 10.5. The standard InChI is InChI=1S/C14H13N3O2S2/c1-9-5-3-6-11(10(9)2)17-21(18,19)13-8-4-7-12-14(13)16-20-15-12/h3-8,17H,1-2H3. The minimum atomic E-state index is -3.69. The zero-order chi connectivity index (χ0) is 15.0. The molecule has 0 aliphatic rings. The Bertz CT molecular complexity index is 917. The van der Waals surface area contributed by atoms with Gasteiger partial charge in [-0.1, -0.05) is 18.2 Å². The van der Waals surface area contributed by atoms with Gasteiger partial charge in [0.2, 0.25) is 0 Å². The normalized spacial score (nSPS) is 11.7. The van der Waals surface area contributed by atoms with E-state index in [2.05, 4.69) is 13.5 Å². The zero-order valence-corrected chi connectivity index (χ0v) is 13.1. The minimum absolute atomic E-state index is 0.148. The number of benzene rings is 2. The number of sulfonamides is 1. The molecule has 0 saturated heterocycles. The molecule has 21 heavy (non-hydrogen) atoms. The molecule has 108 valence electrons. The molecular formula is C14H13N3O2S2. The Morgan fingerprint density at radius 2 is 1.81 bits per heavy atom. The number of aromatic nitrogens is 2. The van der Waals surface area contributed by atoms with Crippen molar-refractivity contribution in [2.45, 2.75) is 18.7 Å². The topological polar surface area (TPSA) is 72.0 Å². The van der Waals surface area contributed by atoms with Crippen LogP contribution in [-0.4, -0.2) is 17.2 Å². The van der Waals surface area contributed by atoms with Crippen LogP contribution in [0.5, 0.6) is 0 Å². The second-order valence-corrected chi connectivity index (χ2v) is 6.92. The highest BCUT2D eigenvalue weighted by molar-refractivity contribution is 7.93. The summed E-state index contributed by atoms with van der Waals surface area (Å²) >= 11 is 1.00. The molecule has 0 fully saturated rings. The van der Waals surface area contributed by atoms with E-state index in [0.717, 1.165) is 22.9 Å². The third-order valence-electron chi connectivity index (χ3n) is 3.39. The molecule has 7 heteroatoms. The lowest BCUT2D eigenvalue weighted by Crippen LogP contribution is -2.14. The number of nitrogens with zero attached hydrogens (tertiary/aromatic N) is 2. The van der Waals surface area contributed by atoms with Crippen molar-refractivity contribution in [3.63, 3.8) is 0 Å². The minimum Gasteiger partial charge on any atom is -0.279 e. The van der Waals surface area contributed by atoms with Crippen molar-refractivity contribution in [1.82, 2.24) is 8.75 Å². The van der Waals surface area contributed by atoms with E-state index in [4.69, 9.17) is 0 Å². The Hall–Kier alpha value is -1.99. The van der Waals surface area contributed by atoms with Crippen LogP contribution in [0.1, 0.15) is 11.1 Å². The molecule has 2 aromatic carbocycles. The van der Waals surface area contributed by atoms with E-state index in [-0.39, 0.29) is 4.90 Å². The van der Waals surface area contributed by atoms with E-state index in [9.17, 15) is 8.42 Å². The van der Waals surface area contributed by atoms with Crippen molar-refractivity contribution in [2.24, 2.45) is 0 Å². The van der Waals surface area contributed by atoms with Gasteiger partial charge in [0.1, 0.15) is 15.9 Å². The lowest BCUT2D eigenvalue weighted by atomic mass is 10.1. The van der Waals surface area contributed by atoms with Crippen molar-refractivity contribution < 1.29 is 8.42 Å². The Labute approximate surface area is 127 Å². The second kappa shape index (κ2) is 5.09. The lowest BCUT2D eigenvalue weighted by Gasteiger charge is -2.12. The Morgan fingerprint density at radius 3 is 2.62 bits per heavy atom. The largest absolute Gasteiger partial charge is 0.279 e. The van der Waals surface area contributed by atoms with Crippen LogP contribution in [0, 0.1) is 13.8 Å². The predicted molar refractivity (Wildman–Crippen MR) is 84.1 cm³/mol. The monoisotopic (exact) mass is 319 g/mol. The summed E-state index contributed by atoms with van der Waals surface area (Å²) in [6.07, 6.45) is 0. The maximum absolute atomic E-state index is 12.6. The third kappa shape index (κ3) is 2.50. The molecule has 0 aliphatic carbocycles. The first-order valence-corrected chi connectivity index (χ1v) is 8.51. The number of aryl methyl sites for hydroxylation is 1. The van der Waals surface area contributed by atoms with Crippen molar-refractivity contribution >= 4 is 38.5 Å². The summed E-state index contributed by atoms with van der Waals surface area (Å²) in [4.78, 5) is 0.148. The zero-order valence-electron chi connectivity index (χ0n) is 11.5. The third-order valence-corrected chi connectivity index (χ3v) is 5.33. The van der Waals surface area contributed by atoms with Crippen LogP contribution in [0.3, 0.4) is 0 Å². The summed E-state index contributed by atoms with van der Waals surface area (Å²) in [5, 5.41) is 0. The molecule has 1 aromatic heterocycles. The van der Waals surface area contributed by atoms with Gasteiger partial charge in [-0.05, 0) is 43.2 Å². The predicted octanol–water partition coefficient (Wildman–Crippen LogP) is 3.11.